The zero-order valence-corrected chi connectivity index (χ0v) is 12.3. The molecular formula is C13H21N3O2S. The third kappa shape index (κ3) is 3.52. The van der Waals surface area contributed by atoms with Crippen molar-refractivity contribution >= 4 is 17.2 Å². The van der Waals surface area contributed by atoms with Gasteiger partial charge in [0.25, 0.3) is 0 Å². The summed E-state index contributed by atoms with van der Waals surface area (Å²) in [6, 6.07) is 0. The van der Waals surface area contributed by atoms with Crippen LogP contribution in [0.4, 0.5) is 0 Å². The number of thiazole rings is 1. The van der Waals surface area contributed by atoms with Gasteiger partial charge < -0.3 is 15.4 Å². The smallest absolute Gasteiger partial charge is 0.228 e. The van der Waals surface area contributed by atoms with E-state index in [0.717, 1.165) is 36.6 Å². The van der Waals surface area contributed by atoms with Crippen molar-refractivity contribution in [2.45, 2.75) is 26.3 Å². The number of methoxy groups -OCH3 is 1. The molecule has 6 heteroatoms. The number of hydrogen-bond donors (Lipinski definition) is 2. The Morgan fingerprint density at radius 1 is 1.58 bits per heavy atom. The van der Waals surface area contributed by atoms with Crippen molar-refractivity contribution in [3.63, 3.8) is 0 Å². The van der Waals surface area contributed by atoms with E-state index in [1.807, 2.05) is 12.3 Å². The molecule has 0 unspecified atom stereocenters. The Morgan fingerprint density at radius 3 is 2.89 bits per heavy atom. The molecule has 1 aromatic rings. The Labute approximate surface area is 117 Å². The monoisotopic (exact) mass is 283 g/mol. The van der Waals surface area contributed by atoms with Crippen molar-refractivity contribution in [3.8, 4) is 0 Å². The number of hydrogen-bond acceptors (Lipinski definition) is 5. The minimum absolute atomic E-state index is 0.0868. The molecule has 0 aromatic carbocycles. The van der Waals surface area contributed by atoms with Gasteiger partial charge in [-0.05, 0) is 32.9 Å². The van der Waals surface area contributed by atoms with Gasteiger partial charge in [-0.3, -0.25) is 4.79 Å². The van der Waals surface area contributed by atoms with Crippen molar-refractivity contribution in [3.05, 3.63) is 16.1 Å². The maximum atomic E-state index is 12.4. The number of carbonyl (C=O) groups excluding carboxylic acids is 1. The molecule has 0 spiro atoms. The van der Waals surface area contributed by atoms with Crippen LogP contribution in [0.3, 0.4) is 0 Å². The molecule has 19 heavy (non-hydrogen) atoms. The first-order valence-corrected chi connectivity index (χ1v) is 7.43. The molecule has 1 aromatic heterocycles. The zero-order chi connectivity index (χ0) is 13.7. The number of piperidine rings is 1. The highest BCUT2D eigenvalue weighted by Gasteiger charge is 2.39. The van der Waals surface area contributed by atoms with E-state index in [4.69, 9.17) is 4.74 Å². The first kappa shape index (κ1) is 14.4. The third-order valence-electron chi connectivity index (χ3n) is 3.53. The fourth-order valence-electron chi connectivity index (χ4n) is 2.45. The second-order valence-electron chi connectivity index (χ2n) is 5.03. The van der Waals surface area contributed by atoms with Crippen LogP contribution in [-0.4, -0.2) is 37.7 Å². The van der Waals surface area contributed by atoms with E-state index in [1.165, 1.54) is 0 Å². The largest absolute Gasteiger partial charge is 0.384 e. The lowest BCUT2D eigenvalue weighted by molar-refractivity contribution is -0.136. The van der Waals surface area contributed by atoms with Gasteiger partial charge in [0.1, 0.15) is 5.01 Å². The summed E-state index contributed by atoms with van der Waals surface area (Å²) >= 11 is 1.58. The summed E-state index contributed by atoms with van der Waals surface area (Å²) in [6.07, 6.45) is 1.65. The van der Waals surface area contributed by atoms with Gasteiger partial charge in [-0.15, -0.1) is 11.3 Å². The van der Waals surface area contributed by atoms with Gasteiger partial charge in [-0.2, -0.15) is 0 Å². The van der Waals surface area contributed by atoms with Crippen LogP contribution in [0, 0.1) is 12.3 Å². The topological polar surface area (TPSA) is 63.2 Å². The van der Waals surface area contributed by atoms with Crippen molar-refractivity contribution < 1.29 is 9.53 Å². The highest BCUT2D eigenvalue weighted by molar-refractivity contribution is 7.09. The van der Waals surface area contributed by atoms with Crippen LogP contribution in [-0.2, 0) is 16.1 Å². The molecule has 0 bridgehead atoms. The lowest BCUT2D eigenvalue weighted by Gasteiger charge is -2.35. The molecule has 1 aliphatic rings. The minimum atomic E-state index is -0.383. The highest BCUT2D eigenvalue weighted by Crippen LogP contribution is 2.29. The summed E-state index contributed by atoms with van der Waals surface area (Å²) in [5, 5.41) is 9.24. The number of nitrogens with one attached hydrogen (secondary N) is 2. The summed E-state index contributed by atoms with van der Waals surface area (Å²) in [5.41, 5.74) is 0.620. The molecule has 1 aliphatic heterocycles. The molecule has 0 atom stereocenters. The van der Waals surface area contributed by atoms with E-state index < -0.39 is 0 Å². The van der Waals surface area contributed by atoms with E-state index in [0.29, 0.717) is 13.2 Å². The van der Waals surface area contributed by atoms with Crippen molar-refractivity contribution in [2.24, 2.45) is 5.41 Å². The molecule has 1 saturated heterocycles. The van der Waals surface area contributed by atoms with Gasteiger partial charge in [0.05, 0.1) is 18.6 Å². The molecule has 0 saturated carbocycles. The van der Waals surface area contributed by atoms with Crippen molar-refractivity contribution in [2.75, 3.05) is 26.8 Å². The van der Waals surface area contributed by atoms with Crippen LogP contribution in [0.1, 0.15) is 23.5 Å². The molecule has 2 N–H and O–H groups in total. The maximum Gasteiger partial charge on any atom is 0.228 e. The van der Waals surface area contributed by atoms with Gasteiger partial charge >= 0.3 is 0 Å². The number of amides is 1. The zero-order valence-electron chi connectivity index (χ0n) is 11.5. The van der Waals surface area contributed by atoms with Crippen LogP contribution >= 0.6 is 11.3 Å². The number of ether oxygens (including phenoxy) is 1. The average molecular weight is 283 g/mol. The molecule has 2 rings (SSSR count). The van der Waals surface area contributed by atoms with E-state index in [9.17, 15) is 4.79 Å². The van der Waals surface area contributed by atoms with Crippen molar-refractivity contribution in [1.82, 2.24) is 15.6 Å². The van der Waals surface area contributed by atoms with Gasteiger partial charge in [-0.1, -0.05) is 0 Å². The SMILES string of the molecule is COCC1(C(=O)NCc2nc(C)cs2)CCNCC1. The first-order chi connectivity index (χ1) is 9.16. The number of aromatic nitrogens is 1. The molecule has 2 heterocycles. The van der Waals surface area contributed by atoms with Gasteiger partial charge in [0.2, 0.25) is 5.91 Å². The molecule has 0 radical (unpaired) electrons. The predicted octanol–water partition coefficient (Wildman–Crippen LogP) is 1.08. The Morgan fingerprint density at radius 2 is 2.32 bits per heavy atom. The first-order valence-electron chi connectivity index (χ1n) is 6.55. The van der Waals surface area contributed by atoms with Crippen molar-refractivity contribution in [1.29, 1.82) is 0 Å². The van der Waals surface area contributed by atoms with E-state index in [1.54, 1.807) is 18.4 Å². The second kappa shape index (κ2) is 6.45. The summed E-state index contributed by atoms with van der Waals surface area (Å²) in [6.45, 7) is 4.69. The molecule has 1 fully saturated rings. The number of aryl methyl sites for hydroxylation is 1. The lowest BCUT2D eigenvalue weighted by atomic mass is 9.78. The normalized spacial score (nSPS) is 18.2. The van der Waals surface area contributed by atoms with Crippen LogP contribution in [0.25, 0.3) is 0 Å². The number of carbonyl (C=O) groups is 1. The molecule has 106 valence electrons. The summed E-state index contributed by atoms with van der Waals surface area (Å²) in [4.78, 5) is 16.8. The van der Waals surface area contributed by atoms with E-state index in [2.05, 4.69) is 15.6 Å². The summed E-state index contributed by atoms with van der Waals surface area (Å²) < 4.78 is 5.26. The molecule has 0 aliphatic carbocycles. The minimum Gasteiger partial charge on any atom is -0.384 e. The number of nitrogens with zero attached hydrogens (tertiary/aromatic N) is 1. The van der Waals surface area contributed by atoms with Gasteiger partial charge in [-0.25, -0.2) is 4.98 Å². The Balaban J connectivity index is 1.95. The quantitative estimate of drug-likeness (QED) is 0.849. The van der Waals surface area contributed by atoms with E-state index in [-0.39, 0.29) is 11.3 Å². The lowest BCUT2D eigenvalue weighted by Crippen LogP contribution is -2.49. The number of rotatable bonds is 5. The van der Waals surface area contributed by atoms with Crippen LogP contribution in [0.5, 0.6) is 0 Å². The van der Waals surface area contributed by atoms with Gasteiger partial charge in [0.15, 0.2) is 0 Å². The fraction of sp³-hybridized carbons (Fsp3) is 0.692. The Hall–Kier alpha value is -0.980. The molecule has 5 nitrogen and oxygen atoms in total. The maximum absolute atomic E-state index is 12.4. The highest BCUT2D eigenvalue weighted by atomic mass is 32.1. The molecule has 1 amide bonds. The Kier molecular flexibility index (Phi) is 4.90. The predicted molar refractivity (Wildman–Crippen MR) is 75.1 cm³/mol. The van der Waals surface area contributed by atoms with Gasteiger partial charge in [0, 0.05) is 18.2 Å². The second-order valence-corrected chi connectivity index (χ2v) is 5.97. The Bertz CT molecular complexity index is 422. The summed E-state index contributed by atoms with van der Waals surface area (Å²) in [7, 11) is 1.65. The standard InChI is InChI=1S/C13H21N3O2S/c1-10-8-19-11(16-10)7-15-12(17)13(9-18-2)3-5-14-6-4-13/h8,14H,3-7,9H2,1-2H3,(H,15,17). The fourth-order valence-corrected chi connectivity index (χ4v) is 3.16. The third-order valence-corrected chi connectivity index (χ3v) is 4.50. The van der Waals surface area contributed by atoms with Crippen LogP contribution < -0.4 is 10.6 Å². The molecular weight excluding hydrogens is 262 g/mol. The van der Waals surface area contributed by atoms with Crippen LogP contribution in [0.15, 0.2) is 5.38 Å². The average Bonchev–Trinajstić information content (AvgIpc) is 2.83. The summed E-state index contributed by atoms with van der Waals surface area (Å²) in [5.74, 6) is 0.0868. The van der Waals surface area contributed by atoms with E-state index >= 15 is 0 Å². The van der Waals surface area contributed by atoms with Crippen LogP contribution in [0.2, 0.25) is 0 Å².